The number of ether oxygens (including phenoxy) is 1. The van der Waals surface area contributed by atoms with Gasteiger partial charge in [0.1, 0.15) is 0 Å². The molecule has 0 spiro atoms. The molecule has 8 nitrogen and oxygen atoms in total. The number of phenols is 1. The molecule has 11 heteroatoms. The molecule has 2 aromatic carbocycles. The van der Waals surface area contributed by atoms with Crippen LogP contribution in [0.4, 0.5) is 10.5 Å². The number of carbonyl (C=O) groups is 2. The Balaban J connectivity index is 1.94. The number of nitrogens with zero attached hydrogens (tertiary/aromatic N) is 2. The lowest BCUT2D eigenvalue weighted by Crippen LogP contribution is -2.27. The van der Waals surface area contributed by atoms with Crippen LogP contribution < -0.4 is 4.74 Å². The van der Waals surface area contributed by atoms with E-state index in [1.54, 1.807) is 18.2 Å². The molecular formula is C18H12Cl2N2O6S. The molecule has 1 fully saturated rings. The van der Waals surface area contributed by atoms with E-state index in [2.05, 4.69) is 0 Å². The summed E-state index contributed by atoms with van der Waals surface area (Å²) in [6, 6.07) is 7.21. The third-order valence-electron chi connectivity index (χ3n) is 4.01. The lowest BCUT2D eigenvalue weighted by atomic mass is 10.1. The van der Waals surface area contributed by atoms with Crippen LogP contribution in [0.25, 0.3) is 6.08 Å². The summed E-state index contributed by atoms with van der Waals surface area (Å²) < 4.78 is 4.90. The number of nitro groups is 1. The SMILES string of the molecule is COc1c(O)ccc(/C=C2\SC(=O)N(Cc3ccc(Cl)c(Cl)c3)C2=O)c1[N+](=O)[O-]. The Kier molecular flexibility index (Phi) is 6.02. The average molecular weight is 455 g/mol. The number of halogens is 2. The largest absolute Gasteiger partial charge is 0.504 e. The monoisotopic (exact) mass is 454 g/mol. The topological polar surface area (TPSA) is 110 Å². The third-order valence-corrected chi connectivity index (χ3v) is 5.66. The zero-order chi connectivity index (χ0) is 21.3. The van der Waals surface area contributed by atoms with E-state index in [0.717, 1.165) is 4.90 Å². The summed E-state index contributed by atoms with van der Waals surface area (Å²) in [7, 11) is 1.18. The van der Waals surface area contributed by atoms with E-state index in [0.29, 0.717) is 27.4 Å². The van der Waals surface area contributed by atoms with E-state index in [1.807, 2.05) is 0 Å². The second-order valence-corrected chi connectivity index (χ2v) is 7.64. The first-order valence-corrected chi connectivity index (χ1v) is 9.53. The normalized spacial score (nSPS) is 15.3. The van der Waals surface area contributed by atoms with Crippen LogP contribution in [0, 0.1) is 10.1 Å². The van der Waals surface area contributed by atoms with Crippen LogP contribution in [-0.2, 0) is 11.3 Å². The Morgan fingerprint density at radius 3 is 2.59 bits per heavy atom. The van der Waals surface area contributed by atoms with E-state index in [1.165, 1.54) is 25.3 Å². The van der Waals surface area contributed by atoms with E-state index >= 15 is 0 Å². The van der Waals surface area contributed by atoms with Gasteiger partial charge in [0.05, 0.1) is 39.1 Å². The highest BCUT2D eigenvalue weighted by atomic mass is 35.5. The number of hydrogen-bond acceptors (Lipinski definition) is 7. The van der Waals surface area contributed by atoms with Crippen LogP contribution in [0.2, 0.25) is 10.0 Å². The van der Waals surface area contributed by atoms with Crippen LogP contribution >= 0.6 is 35.0 Å². The number of nitro benzene ring substituents is 1. The molecule has 1 N–H and O–H groups in total. The van der Waals surface area contributed by atoms with Gasteiger partial charge in [-0.1, -0.05) is 29.3 Å². The molecule has 0 unspecified atom stereocenters. The zero-order valence-corrected chi connectivity index (χ0v) is 17.0. The van der Waals surface area contributed by atoms with Crippen molar-refractivity contribution in [2.24, 2.45) is 0 Å². The van der Waals surface area contributed by atoms with Crippen molar-refractivity contribution >= 4 is 57.9 Å². The first-order chi connectivity index (χ1) is 13.7. The van der Waals surface area contributed by atoms with Crippen molar-refractivity contribution in [2.45, 2.75) is 6.54 Å². The molecule has 0 bridgehead atoms. The molecular weight excluding hydrogens is 443 g/mol. The van der Waals surface area contributed by atoms with Crippen LogP contribution in [0.1, 0.15) is 11.1 Å². The molecule has 0 aromatic heterocycles. The van der Waals surface area contributed by atoms with E-state index < -0.39 is 27.5 Å². The first kappa shape index (κ1) is 21.0. The number of phenolic OH excluding ortho intramolecular Hbond substituents is 1. The molecule has 0 saturated carbocycles. The zero-order valence-electron chi connectivity index (χ0n) is 14.7. The van der Waals surface area contributed by atoms with Crippen molar-refractivity contribution in [1.29, 1.82) is 0 Å². The molecule has 3 rings (SSSR count). The quantitative estimate of drug-likeness (QED) is 0.390. The fourth-order valence-electron chi connectivity index (χ4n) is 2.68. The molecule has 0 atom stereocenters. The lowest BCUT2D eigenvalue weighted by Gasteiger charge is -2.13. The maximum atomic E-state index is 12.7. The number of aromatic hydroxyl groups is 1. The number of rotatable bonds is 5. The summed E-state index contributed by atoms with van der Waals surface area (Å²) in [5.74, 6) is -1.35. The van der Waals surface area contributed by atoms with Gasteiger partial charge in [-0.15, -0.1) is 0 Å². The van der Waals surface area contributed by atoms with Gasteiger partial charge in [0.25, 0.3) is 11.1 Å². The minimum absolute atomic E-state index is 0.00547. The predicted octanol–water partition coefficient (Wildman–Crippen LogP) is 4.85. The van der Waals surface area contributed by atoms with E-state index in [-0.39, 0.29) is 22.8 Å². The van der Waals surface area contributed by atoms with Gasteiger partial charge < -0.3 is 9.84 Å². The Hall–Kier alpha value is -2.75. The fourth-order valence-corrected chi connectivity index (χ4v) is 3.83. The number of hydrogen-bond donors (Lipinski definition) is 1. The number of methoxy groups -OCH3 is 1. The van der Waals surface area contributed by atoms with Crippen molar-refractivity contribution in [3.8, 4) is 11.5 Å². The minimum atomic E-state index is -0.732. The van der Waals surface area contributed by atoms with Crippen molar-refractivity contribution < 1.29 is 24.4 Å². The number of carbonyl (C=O) groups excluding carboxylic acids is 2. The molecule has 2 amide bonds. The van der Waals surface area contributed by atoms with Crippen molar-refractivity contribution in [1.82, 2.24) is 4.90 Å². The van der Waals surface area contributed by atoms with Crippen LogP contribution in [-0.4, -0.2) is 33.2 Å². The Labute approximate surface area is 178 Å². The van der Waals surface area contributed by atoms with Gasteiger partial charge in [0.2, 0.25) is 5.75 Å². The molecule has 1 aliphatic rings. The van der Waals surface area contributed by atoms with E-state index in [4.69, 9.17) is 27.9 Å². The van der Waals surface area contributed by atoms with Gasteiger partial charge in [-0.25, -0.2) is 0 Å². The molecule has 29 heavy (non-hydrogen) atoms. The Bertz CT molecular complexity index is 1070. The molecule has 0 radical (unpaired) electrons. The summed E-state index contributed by atoms with van der Waals surface area (Å²) >= 11 is 12.5. The summed E-state index contributed by atoms with van der Waals surface area (Å²) in [5.41, 5.74) is 0.105. The third kappa shape index (κ3) is 4.16. The van der Waals surface area contributed by atoms with E-state index in [9.17, 15) is 24.8 Å². The van der Waals surface area contributed by atoms with Gasteiger partial charge in [-0.2, -0.15) is 0 Å². The van der Waals surface area contributed by atoms with Gasteiger partial charge in [0.15, 0.2) is 5.75 Å². The number of imide groups is 1. The summed E-state index contributed by atoms with van der Waals surface area (Å²) in [4.78, 5) is 36.7. The molecule has 150 valence electrons. The predicted molar refractivity (Wildman–Crippen MR) is 109 cm³/mol. The fraction of sp³-hybridized carbons (Fsp3) is 0.111. The van der Waals surface area contributed by atoms with Gasteiger partial charge >= 0.3 is 5.69 Å². The molecule has 2 aromatic rings. The highest BCUT2D eigenvalue weighted by molar-refractivity contribution is 8.18. The van der Waals surface area contributed by atoms with Crippen molar-refractivity contribution in [3.05, 3.63) is 66.5 Å². The van der Waals surface area contributed by atoms with Gasteiger partial charge in [-0.3, -0.25) is 24.6 Å². The number of benzene rings is 2. The van der Waals surface area contributed by atoms with Gasteiger partial charge in [0, 0.05) is 0 Å². The standard InChI is InChI=1S/C18H12Cl2N2O6S/c1-28-16-13(23)5-3-10(15(16)22(26)27)7-14-17(24)21(18(25)29-14)8-9-2-4-11(19)12(20)6-9/h2-7,23H,8H2,1H3/b14-7-. The lowest BCUT2D eigenvalue weighted by molar-refractivity contribution is -0.386. The molecule has 0 aliphatic carbocycles. The second kappa shape index (κ2) is 8.32. The Morgan fingerprint density at radius 2 is 1.97 bits per heavy atom. The molecule has 1 saturated heterocycles. The average Bonchev–Trinajstić information content (AvgIpc) is 2.93. The van der Waals surface area contributed by atoms with Crippen LogP contribution in [0.3, 0.4) is 0 Å². The number of amides is 2. The van der Waals surface area contributed by atoms with Crippen molar-refractivity contribution in [2.75, 3.05) is 7.11 Å². The van der Waals surface area contributed by atoms with Gasteiger partial charge in [-0.05, 0) is 47.7 Å². The highest BCUT2D eigenvalue weighted by Gasteiger charge is 2.36. The maximum Gasteiger partial charge on any atom is 0.322 e. The van der Waals surface area contributed by atoms with Crippen LogP contribution in [0.5, 0.6) is 11.5 Å². The molecule has 1 heterocycles. The number of thioether (sulfide) groups is 1. The summed E-state index contributed by atoms with van der Waals surface area (Å²) in [6.07, 6.45) is 1.22. The first-order valence-electron chi connectivity index (χ1n) is 7.96. The van der Waals surface area contributed by atoms with Crippen molar-refractivity contribution in [3.63, 3.8) is 0 Å². The minimum Gasteiger partial charge on any atom is -0.504 e. The maximum absolute atomic E-state index is 12.7. The summed E-state index contributed by atoms with van der Waals surface area (Å²) in [6.45, 7) is -0.0279. The highest BCUT2D eigenvalue weighted by Crippen LogP contribution is 2.41. The Morgan fingerprint density at radius 1 is 1.24 bits per heavy atom. The smallest absolute Gasteiger partial charge is 0.322 e. The second-order valence-electron chi connectivity index (χ2n) is 5.83. The summed E-state index contributed by atoms with van der Waals surface area (Å²) in [5, 5.41) is 21.3. The van der Waals surface area contributed by atoms with Crippen LogP contribution in [0.15, 0.2) is 35.2 Å². The molecule has 1 aliphatic heterocycles.